The van der Waals surface area contributed by atoms with Gasteiger partial charge in [-0.3, -0.25) is 0 Å². The van der Waals surface area contributed by atoms with E-state index in [9.17, 15) is 5.11 Å². The molecule has 0 aromatic carbocycles. The van der Waals surface area contributed by atoms with Crippen LogP contribution in [-0.4, -0.2) is 11.2 Å². The predicted molar refractivity (Wildman–Crippen MR) is 92.8 cm³/mol. The van der Waals surface area contributed by atoms with Crippen LogP contribution in [-0.2, 0) is 0 Å². The first kappa shape index (κ1) is 19.8. The molecule has 118 valence electrons. The molecule has 0 radical (unpaired) electrons. The van der Waals surface area contributed by atoms with Gasteiger partial charge < -0.3 is 5.11 Å². The highest BCUT2D eigenvalue weighted by molar-refractivity contribution is 5.27. The summed E-state index contributed by atoms with van der Waals surface area (Å²) in [7, 11) is 0. The molecule has 0 bridgehead atoms. The summed E-state index contributed by atoms with van der Waals surface area (Å²) in [6.45, 7) is 4.38. The van der Waals surface area contributed by atoms with E-state index in [2.05, 4.69) is 49.7 Å². The zero-order valence-electron chi connectivity index (χ0n) is 14.0. The van der Waals surface area contributed by atoms with Crippen molar-refractivity contribution < 1.29 is 5.11 Å². The minimum atomic E-state index is -0.501. The van der Waals surface area contributed by atoms with E-state index in [-0.39, 0.29) is 0 Å². The Hall–Kier alpha value is -1.18. The van der Waals surface area contributed by atoms with E-state index >= 15 is 0 Å². The fourth-order valence-corrected chi connectivity index (χ4v) is 1.92. The van der Waals surface area contributed by atoms with Crippen LogP contribution >= 0.6 is 0 Å². The summed E-state index contributed by atoms with van der Waals surface area (Å²) < 4.78 is 0. The van der Waals surface area contributed by atoms with Crippen LogP contribution in [0.1, 0.15) is 84.5 Å². The van der Waals surface area contributed by atoms with Crippen LogP contribution in [0.2, 0.25) is 0 Å². The number of hydrogen-bond acceptors (Lipinski definition) is 1. The van der Waals surface area contributed by atoms with Crippen molar-refractivity contribution in [3.05, 3.63) is 12.2 Å². The molecule has 0 aromatic heterocycles. The van der Waals surface area contributed by atoms with E-state index in [1.165, 1.54) is 32.1 Å². The van der Waals surface area contributed by atoms with Gasteiger partial charge in [-0.1, -0.05) is 63.5 Å². The van der Waals surface area contributed by atoms with E-state index < -0.39 is 6.10 Å². The van der Waals surface area contributed by atoms with Gasteiger partial charge >= 0.3 is 0 Å². The van der Waals surface area contributed by atoms with Crippen LogP contribution in [0.25, 0.3) is 0 Å². The SMILES string of the molecule is CCCC/C=C/CCCCC#CC#CC(O)CCCCC. The van der Waals surface area contributed by atoms with Crippen LogP contribution in [0.3, 0.4) is 0 Å². The second kappa shape index (κ2) is 16.9. The third-order valence-electron chi connectivity index (χ3n) is 3.28. The first-order valence-corrected chi connectivity index (χ1v) is 8.62. The Morgan fingerprint density at radius 3 is 2.29 bits per heavy atom. The minimum Gasteiger partial charge on any atom is -0.380 e. The highest BCUT2D eigenvalue weighted by Gasteiger charge is 1.96. The molecule has 0 aliphatic carbocycles. The average molecular weight is 288 g/mol. The van der Waals surface area contributed by atoms with Gasteiger partial charge in [-0.2, -0.15) is 0 Å². The highest BCUT2D eigenvalue weighted by atomic mass is 16.3. The van der Waals surface area contributed by atoms with Gasteiger partial charge in [-0.25, -0.2) is 0 Å². The topological polar surface area (TPSA) is 20.2 Å². The molecule has 1 nitrogen and oxygen atoms in total. The van der Waals surface area contributed by atoms with Gasteiger partial charge in [0, 0.05) is 6.42 Å². The molecule has 0 heterocycles. The molecule has 0 spiro atoms. The second-order valence-electron chi connectivity index (χ2n) is 5.44. The second-order valence-corrected chi connectivity index (χ2v) is 5.44. The molecule has 0 rings (SSSR count). The quantitative estimate of drug-likeness (QED) is 0.313. The molecular weight excluding hydrogens is 256 g/mol. The van der Waals surface area contributed by atoms with Crippen LogP contribution in [0.15, 0.2) is 12.2 Å². The number of unbranched alkanes of at least 4 members (excludes halogenated alkanes) is 7. The molecule has 0 aliphatic rings. The number of rotatable bonds is 11. The zero-order valence-corrected chi connectivity index (χ0v) is 14.0. The number of aliphatic hydroxyl groups excluding tert-OH is 1. The van der Waals surface area contributed by atoms with Gasteiger partial charge in [0.2, 0.25) is 0 Å². The van der Waals surface area contributed by atoms with Crippen molar-refractivity contribution in [2.75, 3.05) is 0 Å². The van der Waals surface area contributed by atoms with E-state index in [1.807, 2.05) is 0 Å². The molecule has 0 amide bonds. The lowest BCUT2D eigenvalue weighted by Gasteiger charge is -2.00. The summed E-state index contributed by atoms with van der Waals surface area (Å²) in [5, 5.41) is 9.59. The van der Waals surface area contributed by atoms with E-state index in [0.717, 1.165) is 38.5 Å². The number of allylic oxidation sites excluding steroid dienone is 2. The summed E-state index contributed by atoms with van der Waals surface area (Å²) in [5.74, 6) is 11.5. The first-order valence-electron chi connectivity index (χ1n) is 8.62. The van der Waals surface area contributed by atoms with Crippen molar-refractivity contribution in [2.24, 2.45) is 0 Å². The van der Waals surface area contributed by atoms with E-state index in [4.69, 9.17) is 0 Å². The van der Waals surface area contributed by atoms with Crippen molar-refractivity contribution in [3.8, 4) is 23.7 Å². The minimum absolute atomic E-state index is 0.501. The zero-order chi connectivity index (χ0) is 15.6. The summed E-state index contributed by atoms with van der Waals surface area (Å²) in [6.07, 6.45) is 16.4. The fraction of sp³-hybridized carbons (Fsp3) is 0.700. The van der Waals surface area contributed by atoms with Crippen LogP contribution in [0.4, 0.5) is 0 Å². The van der Waals surface area contributed by atoms with Crippen LogP contribution < -0.4 is 0 Å². The Labute approximate surface area is 132 Å². The summed E-state index contributed by atoms with van der Waals surface area (Å²) in [6, 6.07) is 0. The largest absolute Gasteiger partial charge is 0.380 e. The van der Waals surface area contributed by atoms with Crippen molar-refractivity contribution in [3.63, 3.8) is 0 Å². The third kappa shape index (κ3) is 16.8. The number of hydrogen-bond donors (Lipinski definition) is 1. The van der Waals surface area contributed by atoms with Gasteiger partial charge in [-0.05, 0) is 50.4 Å². The normalized spacial score (nSPS) is 11.6. The molecule has 1 N–H and O–H groups in total. The van der Waals surface area contributed by atoms with Gasteiger partial charge in [-0.15, -0.1) is 0 Å². The van der Waals surface area contributed by atoms with Crippen LogP contribution in [0, 0.1) is 23.7 Å². The lowest BCUT2D eigenvalue weighted by atomic mass is 10.1. The Morgan fingerprint density at radius 1 is 0.857 bits per heavy atom. The molecule has 1 atom stereocenters. The lowest BCUT2D eigenvalue weighted by molar-refractivity contribution is 0.217. The maximum absolute atomic E-state index is 9.59. The van der Waals surface area contributed by atoms with E-state index in [0.29, 0.717) is 0 Å². The standard InChI is InChI=1S/C20H32O/c1-3-5-7-8-9-10-11-12-13-14-15-17-19-20(21)18-16-6-4-2/h8-9,20-21H,3-7,10-13,16,18H2,1-2H3/b9-8+. The molecule has 1 unspecified atom stereocenters. The van der Waals surface area contributed by atoms with Crippen molar-refractivity contribution >= 4 is 0 Å². The smallest absolute Gasteiger partial charge is 0.115 e. The Kier molecular flexibility index (Phi) is 15.9. The monoisotopic (exact) mass is 288 g/mol. The van der Waals surface area contributed by atoms with Crippen molar-refractivity contribution in [1.82, 2.24) is 0 Å². The Balaban J connectivity index is 3.51. The average Bonchev–Trinajstić information content (AvgIpc) is 2.48. The first-order chi connectivity index (χ1) is 10.3. The highest BCUT2D eigenvalue weighted by Crippen LogP contribution is 2.03. The molecule has 0 saturated carbocycles. The molecule has 1 heteroatoms. The van der Waals surface area contributed by atoms with Gasteiger partial charge in [0.1, 0.15) is 6.10 Å². The third-order valence-corrected chi connectivity index (χ3v) is 3.28. The predicted octanol–water partition coefficient (Wildman–Crippen LogP) is 5.24. The van der Waals surface area contributed by atoms with Gasteiger partial charge in [0.25, 0.3) is 0 Å². The van der Waals surface area contributed by atoms with Gasteiger partial charge in [0.05, 0.1) is 0 Å². The molecule has 0 aromatic rings. The molecule has 21 heavy (non-hydrogen) atoms. The number of aliphatic hydroxyl groups is 1. The van der Waals surface area contributed by atoms with Crippen molar-refractivity contribution in [1.29, 1.82) is 0 Å². The maximum atomic E-state index is 9.59. The van der Waals surface area contributed by atoms with Gasteiger partial charge in [0.15, 0.2) is 0 Å². The molecule has 0 saturated heterocycles. The summed E-state index contributed by atoms with van der Waals surface area (Å²) in [5.41, 5.74) is 0. The summed E-state index contributed by atoms with van der Waals surface area (Å²) >= 11 is 0. The Bertz CT molecular complexity index is 359. The molecule has 0 fully saturated rings. The fourth-order valence-electron chi connectivity index (χ4n) is 1.92. The van der Waals surface area contributed by atoms with Crippen LogP contribution in [0.5, 0.6) is 0 Å². The Morgan fingerprint density at radius 2 is 1.57 bits per heavy atom. The van der Waals surface area contributed by atoms with Crippen molar-refractivity contribution in [2.45, 2.75) is 90.6 Å². The maximum Gasteiger partial charge on any atom is 0.115 e. The molecule has 0 aliphatic heterocycles. The van der Waals surface area contributed by atoms with E-state index in [1.54, 1.807) is 0 Å². The molecular formula is C20H32O. The lowest BCUT2D eigenvalue weighted by Crippen LogP contribution is -2.01. The summed E-state index contributed by atoms with van der Waals surface area (Å²) in [4.78, 5) is 0.